The lowest BCUT2D eigenvalue weighted by Crippen LogP contribution is -2.57. The van der Waals surface area contributed by atoms with Gasteiger partial charge in [0.25, 0.3) is 0 Å². The summed E-state index contributed by atoms with van der Waals surface area (Å²) in [6.07, 6.45) is -6.97. The molecule has 1 heterocycles. The van der Waals surface area contributed by atoms with E-state index >= 15 is 0 Å². The molecule has 0 saturated carbocycles. The number of aliphatic hydroxyl groups is 4. The van der Waals surface area contributed by atoms with Crippen molar-refractivity contribution in [1.82, 2.24) is 0 Å². The molecule has 72 valence electrons. The highest BCUT2D eigenvalue weighted by atomic mass is 16.7. The van der Waals surface area contributed by atoms with Gasteiger partial charge in [0, 0.05) is 7.11 Å². The Balaban J connectivity index is 2.63. The van der Waals surface area contributed by atoms with Gasteiger partial charge in [0.15, 0.2) is 12.6 Å². The van der Waals surface area contributed by atoms with Crippen molar-refractivity contribution in [2.75, 3.05) is 7.11 Å². The molecule has 0 amide bonds. The minimum Gasteiger partial charge on any atom is -0.387 e. The molecule has 1 aliphatic heterocycles. The normalized spacial score (nSPS) is 49.2. The van der Waals surface area contributed by atoms with Gasteiger partial charge in [-0.25, -0.2) is 0 Å². The van der Waals surface area contributed by atoms with Gasteiger partial charge in [-0.15, -0.1) is 0 Å². The van der Waals surface area contributed by atoms with Crippen LogP contribution < -0.4 is 0 Å². The Kier molecular flexibility index (Phi) is 2.99. The smallest absolute Gasteiger partial charge is 0.188 e. The highest BCUT2D eigenvalue weighted by molar-refractivity contribution is 4.84. The molecular weight excluding hydrogens is 168 g/mol. The van der Waals surface area contributed by atoms with Gasteiger partial charge in [-0.3, -0.25) is 0 Å². The van der Waals surface area contributed by atoms with E-state index in [9.17, 15) is 0 Å². The third kappa shape index (κ3) is 1.58. The molecule has 6 heteroatoms. The van der Waals surface area contributed by atoms with Crippen molar-refractivity contribution in [1.29, 1.82) is 0 Å². The summed E-state index contributed by atoms with van der Waals surface area (Å²) in [5, 5.41) is 36.2. The fourth-order valence-electron chi connectivity index (χ4n) is 1.03. The van der Waals surface area contributed by atoms with Crippen molar-refractivity contribution < 1.29 is 29.9 Å². The largest absolute Gasteiger partial charge is 0.387 e. The molecule has 0 aliphatic carbocycles. The first-order valence-electron chi connectivity index (χ1n) is 3.48. The molecular formula is C6H12O6. The minimum atomic E-state index is -1.53. The lowest BCUT2D eigenvalue weighted by molar-refractivity contribution is -0.334. The summed E-state index contributed by atoms with van der Waals surface area (Å²) < 4.78 is 9.19. The number of methoxy groups -OCH3 is 1. The monoisotopic (exact) mass is 180 g/mol. The number of hydrogen-bond acceptors (Lipinski definition) is 6. The summed E-state index contributed by atoms with van der Waals surface area (Å²) in [4.78, 5) is 0. The lowest BCUT2D eigenvalue weighted by atomic mass is 10.0. The molecule has 1 fully saturated rings. The summed E-state index contributed by atoms with van der Waals surface area (Å²) in [7, 11) is 1.25. The van der Waals surface area contributed by atoms with E-state index in [2.05, 4.69) is 9.47 Å². The molecule has 0 aromatic carbocycles. The second-order valence-corrected chi connectivity index (χ2v) is 2.60. The van der Waals surface area contributed by atoms with Crippen LogP contribution in [0.25, 0.3) is 0 Å². The predicted octanol–water partition coefficient (Wildman–Crippen LogP) is -2.61. The molecule has 0 radical (unpaired) electrons. The Bertz CT molecular complexity index is 146. The second-order valence-electron chi connectivity index (χ2n) is 2.60. The minimum absolute atomic E-state index is 1.11. The van der Waals surface area contributed by atoms with Gasteiger partial charge in [-0.1, -0.05) is 0 Å². The van der Waals surface area contributed by atoms with Crippen LogP contribution in [-0.4, -0.2) is 58.4 Å². The molecule has 0 aromatic rings. The van der Waals surface area contributed by atoms with Crippen LogP contribution in [0, 0.1) is 0 Å². The molecule has 3 unspecified atom stereocenters. The molecule has 0 spiro atoms. The number of hydrogen-bond donors (Lipinski definition) is 4. The van der Waals surface area contributed by atoms with E-state index in [4.69, 9.17) is 20.4 Å². The first-order valence-corrected chi connectivity index (χ1v) is 3.48. The van der Waals surface area contributed by atoms with Gasteiger partial charge in [-0.05, 0) is 0 Å². The Morgan fingerprint density at radius 3 is 2.08 bits per heavy atom. The van der Waals surface area contributed by atoms with Crippen molar-refractivity contribution in [3.05, 3.63) is 0 Å². The van der Waals surface area contributed by atoms with Crippen LogP contribution in [0.15, 0.2) is 0 Å². The first kappa shape index (κ1) is 9.85. The SMILES string of the molecule is CO[C@H]1OC(O)[C@@H](O)C(O)C1O. The number of rotatable bonds is 1. The third-order valence-electron chi connectivity index (χ3n) is 1.78. The van der Waals surface area contributed by atoms with E-state index in [1.54, 1.807) is 0 Å². The second kappa shape index (κ2) is 3.65. The zero-order chi connectivity index (χ0) is 9.30. The van der Waals surface area contributed by atoms with Gasteiger partial charge < -0.3 is 29.9 Å². The molecule has 12 heavy (non-hydrogen) atoms. The summed E-state index contributed by atoms with van der Waals surface area (Å²) in [5.74, 6) is 0. The summed E-state index contributed by atoms with van der Waals surface area (Å²) >= 11 is 0. The quantitative estimate of drug-likeness (QED) is 0.353. The van der Waals surface area contributed by atoms with E-state index < -0.39 is 30.9 Å². The van der Waals surface area contributed by atoms with Crippen molar-refractivity contribution in [2.24, 2.45) is 0 Å². The van der Waals surface area contributed by atoms with Crippen LogP contribution in [0.4, 0.5) is 0 Å². The Morgan fingerprint density at radius 1 is 1.00 bits per heavy atom. The molecule has 1 saturated heterocycles. The number of aliphatic hydroxyl groups excluding tert-OH is 4. The zero-order valence-electron chi connectivity index (χ0n) is 6.49. The van der Waals surface area contributed by atoms with Crippen LogP contribution in [0.3, 0.4) is 0 Å². The van der Waals surface area contributed by atoms with Gasteiger partial charge >= 0.3 is 0 Å². The predicted molar refractivity (Wildman–Crippen MR) is 35.9 cm³/mol. The topological polar surface area (TPSA) is 99.4 Å². The summed E-state index contributed by atoms with van der Waals surface area (Å²) in [6.45, 7) is 0. The van der Waals surface area contributed by atoms with Crippen molar-refractivity contribution in [2.45, 2.75) is 30.9 Å². The molecule has 0 bridgehead atoms. The fourth-order valence-corrected chi connectivity index (χ4v) is 1.03. The maximum absolute atomic E-state index is 9.15. The lowest BCUT2D eigenvalue weighted by Gasteiger charge is -2.37. The number of ether oxygens (including phenoxy) is 2. The zero-order valence-corrected chi connectivity index (χ0v) is 6.49. The Morgan fingerprint density at radius 2 is 1.58 bits per heavy atom. The van der Waals surface area contributed by atoms with E-state index in [0.29, 0.717) is 0 Å². The highest BCUT2D eigenvalue weighted by Gasteiger charge is 2.43. The molecule has 1 rings (SSSR count). The van der Waals surface area contributed by atoms with Crippen molar-refractivity contribution in [3.63, 3.8) is 0 Å². The highest BCUT2D eigenvalue weighted by Crippen LogP contribution is 2.19. The van der Waals surface area contributed by atoms with E-state index in [-0.39, 0.29) is 0 Å². The van der Waals surface area contributed by atoms with Crippen LogP contribution in [-0.2, 0) is 9.47 Å². The Labute approximate surface area is 69.0 Å². The fraction of sp³-hybridized carbons (Fsp3) is 1.00. The average Bonchev–Trinajstić information content (AvgIpc) is 2.08. The first-order chi connectivity index (χ1) is 5.57. The average molecular weight is 180 g/mol. The van der Waals surface area contributed by atoms with Crippen LogP contribution in [0.5, 0.6) is 0 Å². The summed E-state index contributed by atoms with van der Waals surface area (Å²) in [6, 6.07) is 0. The van der Waals surface area contributed by atoms with Crippen LogP contribution >= 0.6 is 0 Å². The maximum atomic E-state index is 9.15. The van der Waals surface area contributed by atoms with Gasteiger partial charge in [0.2, 0.25) is 0 Å². The van der Waals surface area contributed by atoms with Crippen molar-refractivity contribution in [3.8, 4) is 0 Å². The maximum Gasteiger partial charge on any atom is 0.188 e. The molecule has 4 N–H and O–H groups in total. The van der Waals surface area contributed by atoms with E-state index in [1.807, 2.05) is 0 Å². The molecule has 5 atom stereocenters. The Hall–Kier alpha value is -0.240. The van der Waals surface area contributed by atoms with Gasteiger partial charge in [0.1, 0.15) is 18.3 Å². The van der Waals surface area contributed by atoms with Crippen molar-refractivity contribution >= 4 is 0 Å². The van der Waals surface area contributed by atoms with E-state index in [0.717, 1.165) is 0 Å². The van der Waals surface area contributed by atoms with Crippen LogP contribution in [0.1, 0.15) is 0 Å². The van der Waals surface area contributed by atoms with Gasteiger partial charge in [0.05, 0.1) is 0 Å². The van der Waals surface area contributed by atoms with Crippen LogP contribution in [0.2, 0.25) is 0 Å². The third-order valence-corrected chi connectivity index (χ3v) is 1.78. The summed E-state index contributed by atoms with van der Waals surface area (Å²) in [5.41, 5.74) is 0. The molecule has 1 aliphatic rings. The molecule has 6 nitrogen and oxygen atoms in total. The van der Waals surface area contributed by atoms with Gasteiger partial charge in [-0.2, -0.15) is 0 Å². The standard InChI is InChI=1S/C6H12O6/c1-11-6-4(9)2(7)3(8)5(10)12-6/h2-10H,1H3/t2?,3-,4?,5?,6-/m0/s1. The molecule has 0 aromatic heterocycles. The van der Waals surface area contributed by atoms with E-state index in [1.165, 1.54) is 7.11 Å².